The van der Waals surface area contributed by atoms with Crippen molar-refractivity contribution in [3.63, 3.8) is 0 Å². The van der Waals surface area contributed by atoms with Crippen molar-refractivity contribution in [3.05, 3.63) is 155 Å². The highest BCUT2D eigenvalue weighted by molar-refractivity contribution is 7.91. The predicted molar refractivity (Wildman–Crippen MR) is 278 cm³/mol. The number of β-lactam (4-membered cyclic amide) rings is 1. The molecule has 6 unspecified atom stereocenters. The summed E-state index contributed by atoms with van der Waals surface area (Å²) in [6.45, 7) is 5.72. The Bertz CT molecular complexity index is 2890. The van der Waals surface area contributed by atoms with E-state index in [4.69, 9.17) is 19.4 Å². The van der Waals surface area contributed by atoms with Gasteiger partial charge in [-0.25, -0.2) is 17.2 Å². The number of ether oxygens (including phenoxy) is 2. The third-order valence-electron chi connectivity index (χ3n) is 14.1. The smallest absolute Gasteiger partial charge is 0.430 e. The molecule has 14 nitrogen and oxygen atoms in total. The van der Waals surface area contributed by atoms with E-state index in [1.165, 1.54) is 24.3 Å². The lowest BCUT2D eigenvalue weighted by Crippen LogP contribution is -3.00. The van der Waals surface area contributed by atoms with Crippen LogP contribution in [0.15, 0.2) is 120 Å². The van der Waals surface area contributed by atoms with E-state index >= 15 is 0 Å². The fourth-order valence-corrected chi connectivity index (χ4v) is 12.2. The first-order valence-corrected chi connectivity index (χ1v) is 27.2. The van der Waals surface area contributed by atoms with E-state index < -0.39 is 63.1 Å². The number of fused-ring (bicyclic) bond motifs is 1. The lowest BCUT2D eigenvalue weighted by atomic mass is 9.69. The number of anilines is 2. The van der Waals surface area contributed by atoms with Gasteiger partial charge >= 0.3 is 6.18 Å². The molecule has 2 aliphatic rings. The van der Waals surface area contributed by atoms with Gasteiger partial charge in [-0.1, -0.05) is 75.2 Å². The molecule has 1 fully saturated rings. The fourth-order valence-electron chi connectivity index (χ4n) is 10.00. The van der Waals surface area contributed by atoms with Crippen molar-refractivity contribution in [3.8, 4) is 0 Å². The number of aliphatic hydroxyl groups is 2. The summed E-state index contributed by atoms with van der Waals surface area (Å²) in [6.07, 6.45) is -3.60. The highest BCUT2D eigenvalue weighted by atomic mass is 32.2. The molecule has 6 atom stereocenters. The molecular weight excluding hydrogens is 1030 g/mol. The van der Waals surface area contributed by atoms with E-state index in [1.54, 1.807) is 47.4 Å². The first-order chi connectivity index (χ1) is 36.6. The number of nitrogens with zero attached hydrogens (tertiary/aromatic N) is 1. The minimum Gasteiger partial charge on any atom is -0.542 e. The number of rotatable bonds is 23. The maximum Gasteiger partial charge on any atom is 0.430 e. The van der Waals surface area contributed by atoms with Crippen molar-refractivity contribution in [2.75, 3.05) is 63.0 Å². The van der Waals surface area contributed by atoms with Gasteiger partial charge in [0.1, 0.15) is 29.9 Å². The molecule has 0 aromatic heterocycles. The molecule has 5 aromatic rings. The van der Waals surface area contributed by atoms with Crippen LogP contribution in [0.25, 0.3) is 0 Å². The number of carboxylic acids is 1. The number of alkyl halides is 3. The summed E-state index contributed by atoms with van der Waals surface area (Å²) in [4.78, 5) is 38.4. The van der Waals surface area contributed by atoms with Gasteiger partial charge in [0.25, 0.3) is 0 Å². The molecule has 1 saturated heterocycles. The summed E-state index contributed by atoms with van der Waals surface area (Å²) < 4.78 is 98.4. The van der Waals surface area contributed by atoms with E-state index in [-0.39, 0.29) is 48.3 Å². The van der Waals surface area contributed by atoms with Gasteiger partial charge in [0.15, 0.2) is 9.84 Å². The van der Waals surface area contributed by atoms with Crippen molar-refractivity contribution in [2.45, 2.75) is 94.2 Å². The predicted octanol–water partition coefficient (Wildman–Crippen LogP) is 6.89. The van der Waals surface area contributed by atoms with E-state index in [2.05, 4.69) is 17.6 Å². The van der Waals surface area contributed by atoms with Crippen LogP contribution < -0.4 is 25.5 Å². The van der Waals surface area contributed by atoms with Crippen molar-refractivity contribution in [1.29, 1.82) is 0 Å². The summed E-state index contributed by atoms with van der Waals surface area (Å²) in [5.74, 6) is -5.47. The van der Waals surface area contributed by atoms with Gasteiger partial charge in [-0.2, -0.15) is 13.2 Å². The maximum absolute atomic E-state index is 14.1. The van der Waals surface area contributed by atoms with Crippen molar-refractivity contribution in [1.82, 2.24) is 5.32 Å². The lowest BCUT2D eigenvalue weighted by Gasteiger charge is -2.48. The minimum atomic E-state index is -5.19. The maximum atomic E-state index is 14.1. The Morgan fingerprint density at radius 3 is 2.18 bits per heavy atom. The summed E-state index contributed by atoms with van der Waals surface area (Å²) in [7, 11) is 0.216. The molecule has 5 aromatic carbocycles. The zero-order chi connectivity index (χ0) is 56.1. The van der Waals surface area contributed by atoms with Crippen LogP contribution in [0.5, 0.6) is 0 Å². The standard InChI is InChI=1S/C55H66F2N4O8S.C2HF3O2/c1-5-7-26-55(6-2)36-70(66,67)49-25-22-45(60(3)4)33-47(49)51(53(55)64)39-11-9-13-43(32-39)59-50(63)35-69-30-29-68-28-27-58-34-37-10-8-12-40(31-37)52-46(23-24-48(62)38-14-16-41(56)17-15-38)54(65)61(52)44-20-18-42(57)19-21-44;3-2(4,5)1(6)7/h8-22,25,31-33,46,48,51-53,58,62,64H,5-7,23-24,26-30,34-36H2,1-4H3,(H,59,63);(H,6,7). The average molecular weight is 1100 g/mol. The van der Waals surface area contributed by atoms with Crippen LogP contribution in [0.1, 0.15) is 98.3 Å². The molecule has 2 aliphatic heterocycles. The van der Waals surface area contributed by atoms with Crippen LogP contribution in [0.3, 0.4) is 0 Å². The van der Waals surface area contributed by atoms with Crippen molar-refractivity contribution >= 4 is 44.7 Å². The number of sulfone groups is 1. The Hall–Kier alpha value is -6.13. The molecule has 7 rings (SSSR count). The first-order valence-electron chi connectivity index (χ1n) is 25.6. The lowest BCUT2D eigenvalue weighted by molar-refractivity contribution is -0.786. The second kappa shape index (κ2) is 27.0. The molecule has 0 spiro atoms. The van der Waals surface area contributed by atoms with Crippen LogP contribution in [0.4, 0.5) is 39.0 Å². The number of benzene rings is 5. The zero-order valence-electron chi connectivity index (χ0n) is 43.5. The van der Waals surface area contributed by atoms with Gasteiger partial charge in [-0.3, -0.25) is 9.59 Å². The number of carbonyl (C=O) groups excluding carboxylic acids is 3. The summed E-state index contributed by atoms with van der Waals surface area (Å²) in [5, 5.41) is 38.3. The van der Waals surface area contributed by atoms with Gasteiger partial charge in [-0.15, -0.1) is 0 Å². The van der Waals surface area contributed by atoms with E-state index in [9.17, 15) is 50.2 Å². The van der Waals surface area contributed by atoms with E-state index in [0.717, 1.165) is 34.6 Å². The molecular formula is C57H67F5N4O10S. The van der Waals surface area contributed by atoms with Gasteiger partial charge < -0.3 is 50.0 Å². The van der Waals surface area contributed by atoms with Gasteiger partial charge in [-0.05, 0) is 108 Å². The molecule has 2 amide bonds. The molecule has 416 valence electrons. The third kappa shape index (κ3) is 15.5. The number of aliphatic carboxylic acids is 1. The van der Waals surface area contributed by atoms with Gasteiger partial charge in [0.2, 0.25) is 11.8 Å². The number of amides is 2. The van der Waals surface area contributed by atoms with Crippen LogP contribution in [-0.2, 0) is 40.2 Å². The summed E-state index contributed by atoms with van der Waals surface area (Å²) in [6, 6.07) is 31.8. The molecule has 0 radical (unpaired) electrons. The van der Waals surface area contributed by atoms with Gasteiger partial charge in [0.05, 0.1) is 68.7 Å². The summed E-state index contributed by atoms with van der Waals surface area (Å²) in [5.41, 5.74) is 4.90. The normalized spacial score (nSPS) is 20.3. The number of quaternary nitrogens is 1. The molecule has 2 heterocycles. The Morgan fingerprint density at radius 2 is 1.53 bits per heavy atom. The van der Waals surface area contributed by atoms with E-state index in [0.29, 0.717) is 73.4 Å². The third-order valence-corrected chi connectivity index (χ3v) is 16.1. The first kappa shape index (κ1) is 60.1. The molecule has 20 heteroatoms. The Balaban J connectivity index is 0.00000128. The SMILES string of the molecule is CCCCC1(CC)CS(=O)(=O)c2ccc([NH+](C)C)cc2C(c2cccc(NC(=O)COCCOCCNCc3cccc(C4C(CCC(O)c5ccc(F)cc5)C(=O)N4c4ccc(F)cc4)c3)c2)C1O.O=C([O-])C(F)(F)F. The average Bonchev–Trinajstić information content (AvgIpc) is 3.53. The monoisotopic (exact) mass is 1090 g/mol. The Labute approximate surface area is 446 Å². The quantitative estimate of drug-likeness (QED) is 0.0260. The number of halogens is 5. The largest absolute Gasteiger partial charge is 0.542 e. The molecule has 0 saturated carbocycles. The highest BCUT2D eigenvalue weighted by Crippen LogP contribution is 2.50. The topological polar surface area (TPSA) is 199 Å². The van der Waals surface area contributed by atoms with Gasteiger partial charge in [0, 0.05) is 47.9 Å². The van der Waals surface area contributed by atoms with Crippen LogP contribution in [0, 0.1) is 23.0 Å². The molecule has 0 bridgehead atoms. The molecule has 0 aliphatic carbocycles. The fraction of sp³-hybridized carbons (Fsp3) is 0.421. The number of unbranched alkanes of at least 4 members (excludes halogenated alkanes) is 1. The second-order valence-electron chi connectivity index (χ2n) is 19.7. The summed E-state index contributed by atoms with van der Waals surface area (Å²) >= 11 is 0. The number of hydrogen-bond acceptors (Lipinski definition) is 11. The second-order valence-corrected chi connectivity index (χ2v) is 21.6. The van der Waals surface area contributed by atoms with Crippen molar-refractivity contribution < 1.29 is 74.4 Å². The Kier molecular flexibility index (Phi) is 21.0. The van der Waals surface area contributed by atoms with Crippen LogP contribution >= 0.6 is 0 Å². The van der Waals surface area contributed by atoms with Crippen LogP contribution in [-0.4, -0.2) is 102 Å². The number of nitrogens with one attached hydrogen (secondary N) is 3. The number of carbonyl (C=O) groups is 3. The minimum absolute atomic E-state index is 0.112. The highest BCUT2D eigenvalue weighted by Gasteiger charge is 2.50. The number of hydrogen-bond donors (Lipinski definition) is 5. The number of aliphatic hydroxyl groups excluding tert-OH is 2. The number of carboxylic acid groups (broad SMARTS) is 1. The Morgan fingerprint density at radius 1 is 0.883 bits per heavy atom. The molecule has 5 N–H and O–H groups in total. The van der Waals surface area contributed by atoms with Crippen LogP contribution in [0.2, 0.25) is 0 Å². The van der Waals surface area contributed by atoms with Crippen molar-refractivity contribution in [2.24, 2.45) is 11.3 Å². The zero-order valence-corrected chi connectivity index (χ0v) is 44.3. The molecule has 77 heavy (non-hydrogen) atoms. The van der Waals surface area contributed by atoms with E-state index in [1.807, 2.05) is 69.6 Å².